The Balaban J connectivity index is 1.70. The fourth-order valence-electron chi connectivity index (χ4n) is 2.99. The van der Waals surface area contributed by atoms with Crippen molar-refractivity contribution in [3.05, 3.63) is 114 Å². The van der Waals surface area contributed by atoms with E-state index in [9.17, 15) is 4.79 Å². The van der Waals surface area contributed by atoms with Crippen molar-refractivity contribution in [2.24, 2.45) is 5.10 Å². The molecule has 130 valence electrons. The molecule has 0 bridgehead atoms. The first-order chi connectivity index (χ1) is 13.3. The van der Waals surface area contributed by atoms with Gasteiger partial charge in [0.25, 0.3) is 5.91 Å². The highest BCUT2D eigenvalue weighted by molar-refractivity contribution is 6.14. The molecule has 4 rings (SSSR count). The van der Waals surface area contributed by atoms with Gasteiger partial charge in [-0.15, -0.1) is 0 Å². The molecule has 0 aliphatic rings. The second kappa shape index (κ2) is 7.62. The minimum atomic E-state index is -0.241. The molecule has 0 aliphatic heterocycles. The number of carbonyl (C=O) groups excluding carboxylic acids is 1. The summed E-state index contributed by atoms with van der Waals surface area (Å²) in [7, 11) is 0. The first-order valence-electron chi connectivity index (χ1n) is 8.64. The number of hydrogen-bond acceptors (Lipinski definition) is 3. The molecule has 1 heterocycles. The summed E-state index contributed by atoms with van der Waals surface area (Å²) in [6, 6.07) is 27.0. The lowest BCUT2D eigenvalue weighted by molar-refractivity contribution is 0.0956. The van der Waals surface area contributed by atoms with E-state index in [-0.39, 0.29) is 5.91 Å². The summed E-state index contributed by atoms with van der Waals surface area (Å²) >= 11 is 0. The summed E-state index contributed by atoms with van der Waals surface area (Å²) in [5, 5.41) is 6.36. The lowest BCUT2D eigenvalue weighted by Crippen LogP contribution is -2.21. The molecule has 1 N–H and O–H groups in total. The highest BCUT2D eigenvalue weighted by Gasteiger charge is 2.11. The van der Waals surface area contributed by atoms with Crippen molar-refractivity contribution in [2.75, 3.05) is 0 Å². The van der Waals surface area contributed by atoms with Crippen LogP contribution >= 0.6 is 0 Å². The number of fused-ring (bicyclic) bond motifs is 1. The molecule has 0 atom stereocenters. The van der Waals surface area contributed by atoms with E-state index in [0.29, 0.717) is 11.3 Å². The summed E-state index contributed by atoms with van der Waals surface area (Å²) in [5.41, 5.74) is 5.80. The number of rotatable bonds is 4. The average Bonchev–Trinajstić information content (AvgIpc) is 2.75. The Morgan fingerprint density at radius 1 is 0.741 bits per heavy atom. The molecule has 4 aromatic rings. The van der Waals surface area contributed by atoms with Crippen LogP contribution in [0.1, 0.15) is 21.5 Å². The fourth-order valence-corrected chi connectivity index (χ4v) is 2.99. The molecular formula is C23H17N3O. The van der Waals surface area contributed by atoms with Crippen molar-refractivity contribution >= 4 is 22.4 Å². The first kappa shape index (κ1) is 16.7. The van der Waals surface area contributed by atoms with Crippen molar-refractivity contribution in [1.29, 1.82) is 0 Å². The highest BCUT2D eigenvalue weighted by atomic mass is 16.2. The molecule has 0 radical (unpaired) electrons. The van der Waals surface area contributed by atoms with Gasteiger partial charge in [0.2, 0.25) is 0 Å². The van der Waals surface area contributed by atoms with Crippen molar-refractivity contribution in [2.45, 2.75) is 0 Å². The maximum atomic E-state index is 12.8. The summed E-state index contributed by atoms with van der Waals surface area (Å²) in [4.78, 5) is 16.9. The number of benzene rings is 3. The number of hydrazone groups is 1. The Kier molecular flexibility index (Phi) is 4.70. The monoisotopic (exact) mass is 351 g/mol. The third-order valence-electron chi connectivity index (χ3n) is 4.30. The van der Waals surface area contributed by atoms with E-state index in [2.05, 4.69) is 15.5 Å². The molecule has 0 fully saturated rings. The fraction of sp³-hybridized carbons (Fsp3) is 0. The number of aromatic nitrogens is 1. The van der Waals surface area contributed by atoms with Crippen LogP contribution in [0.5, 0.6) is 0 Å². The largest absolute Gasteiger partial charge is 0.272 e. The van der Waals surface area contributed by atoms with Crippen molar-refractivity contribution in [3.63, 3.8) is 0 Å². The predicted octanol–water partition coefficient (Wildman–Crippen LogP) is 4.42. The number of pyridine rings is 1. The molecular weight excluding hydrogens is 334 g/mol. The van der Waals surface area contributed by atoms with Crippen molar-refractivity contribution in [3.8, 4) is 0 Å². The third-order valence-corrected chi connectivity index (χ3v) is 4.30. The van der Waals surface area contributed by atoms with Gasteiger partial charge in [-0.3, -0.25) is 9.78 Å². The molecule has 0 spiro atoms. The van der Waals surface area contributed by atoms with Gasteiger partial charge < -0.3 is 0 Å². The molecule has 0 saturated heterocycles. The van der Waals surface area contributed by atoms with Crippen LogP contribution in [0.4, 0.5) is 0 Å². The lowest BCUT2D eigenvalue weighted by atomic mass is 10.0. The summed E-state index contributed by atoms with van der Waals surface area (Å²) in [5.74, 6) is -0.241. The Bertz CT molecular complexity index is 1060. The summed E-state index contributed by atoms with van der Waals surface area (Å²) in [6.45, 7) is 0. The van der Waals surface area contributed by atoms with Crippen LogP contribution in [0, 0.1) is 0 Å². The SMILES string of the molecule is O=C(N/N=C(\c1ccccc1)c1ccncc1)c1cccc2ccccc12. The zero-order valence-electron chi connectivity index (χ0n) is 14.5. The lowest BCUT2D eigenvalue weighted by Gasteiger charge is -2.09. The number of hydrogen-bond donors (Lipinski definition) is 1. The topological polar surface area (TPSA) is 54.4 Å². The smallest absolute Gasteiger partial charge is 0.267 e. The van der Waals surface area contributed by atoms with Gasteiger partial charge in [0.05, 0.1) is 5.71 Å². The second-order valence-electron chi connectivity index (χ2n) is 6.03. The maximum absolute atomic E-state index is 12.8. The van der Waals surface area contributed by atoms with Gasteiger partial charge in [-0.2, -0.15) is 5.10 Å². The third kappa shape index (κ3) is 3.60. The van der Waals surface area contributed by atoms with E-state index in [0.717, 1.165) is 21.9 Å². The van der Waals surface area contributed by atoms with E-state index in [1.54, 1.807) is 12.4 Å². The minimum Gasteiger partial charge on any atom is -0.267 e. The van der Waals surface area contributed by atoms with Crippen LogP contribution in [0.25, 0.3) is 10.8 Å². The van der Waals surface area contributed by atoms with Crippen LogP contribution in [-0.4, -0.2) is 16.6 Å². The number of nitrogens with one attached hydrogen (secondary N) is 1. The second-order valence-corrected chi connectivity index (χ2v) is 6.03. The van der Waals surface area contributed by atoms with Crippen molar-refractivity contribution in [1.82, 2.24) is 10.4 Å². The van der Waals surface area contributed by atoms with Gasteiger partial charge >= 0.3 is 0 Å². The molecule has 0 unspecified atom stereocenters. The maximum Gasteiger partial charge on any atom is 0.272 e. The highest BCUT2D eigenvalue weighted by Crippen LogP contribution is 2.18. The number of nitrogens with zero attached hydrogens (tertiary/aromatic N) is 2. The van der Waals surface area contributed by atoms with E-state index in [4.69, 9.17) is 0 Å². The molecule has 1 amide bonds. The van der Waals surface area contributed by atoms with Crippen LogP contribution in [0.15, 0.2) is 102 Å². The van der Waals surface area contributed by atoms with Gasteiger partial charge in [0.15, 0.2) is 0 Å². The van der Waals surface area contributed by atoms with E-state index in [1.807, 2.05) is 84.9 Å². The summed E-state index contributed by atoms with van der Waals surface area (Å²) < 4.78 is 0. The van der Waals surface area contributed by atoms with Gasteiger partial charge in [-0.05, 0) is 29.0 Å². The van der Waals surface area contributed by atoms with E-state index in [1.165, 1.54) is 0 Å². The average molecular weight is 351 g/mol. The standard InChI is InChI=1S/C23H17N3O/c27-23(21-12-6-10-17-7-4-5-11-20(17)21)26-25-22(18-8-2-1-3-9-18)19-13-15-24-16-14-19/h1-16H,(H,26,27)/b25-22+. The Morgan fingerprint density at radius 3 is 2.22 bits per heavy atom. The van der Waals surface area contributed by atoms with Crippen LogP contribution in [-0.2, 0) is 0 Å². The molecule has 1 aromatic heterocycles. The Hall–Kier alpha value is -3.79. The molecule has 4 heteroatoms. The van der Waals surface area contributed by atoms with Crippen LogP contribution in [0.2, 0.25) is 0 Å². The predicted molar refractivity (Wildman–Crippen MR) is 108 cm³/mol. The molecule has 0 aliphatic carbocycles. The van der Waals surface area contributed by atoms with E-state index < -0.39 is 0 Å². The Morgan fingerprint density at radius 2 is 1.41 bits per heavy atom. The molecule has 4 nitrogen and oxygen atoms in total. The van der Waals surface area contributed by atoms with E-state index >= 15 is 0 Å². The molecule has 0 saturated carbocycles. The Labute approximate surface area is 157 Å². The number of carbonyl (C=O) groups is 1. The first-order valence-corrected chi connectivity index (χ1v) is 8.64. The van der Waals surface area contributed by atoms with Gasteiger partial charge in [-0.25, -0.2) is 5.43 Å². The van der Waals surface area contributed by atoms with Crippen molar-refractivity contribution < 1.29 is 4.79 Å². The summed E-state index contributed by atoms with van der Waals surface area (Å²) in [6.07, 6.45) is 3.42. The van der Waals surface area contributed by atoms with Gasteiger partial charge in [-0.1, -0.05) is 66.7 Å². The van der Waals surface area contributed by atoms with Crippen LogP contribution in [0.3, 0.4) is 0 Å². The minimum absolute atomic E-state index is 0.241. The molecule has 27 heavy (non-hydrogen) atoms. The van der Waals surface area contributed by atoms with Gasteiger partial charge in [0.1, 0.15) is 0 Å². The van der Waals surface area contributed by atoms with Gasteiger partial charge in [0, 0.05) is 29.1 Å². The number of amides is 1. The zero-order chi connectivity index (χ0) is 18.5. The molecule has 3 aromatic carbocycles. The zero-order valence-corrected chi connectivity index (χ0v) is 14.5. The van der Waals surface area contributed by atoms with Crippen LogP contribution < -0.4 is 5.43 Å². The normalized spacial score (nSPS) is 11.3. The quantitative estimate of drug-likeness (QED) is 0.437.